The van der Waals surface area contributed by atoms with Crippen LogP contribution in [0, 0.1) is 6.92 Å². The van der Waals surface area contributed by atoms with Crippen LogP contribution in [0.2, 0.25) is 5.02 Å². The average Bonchev–Trinajstić information content (AvgIpc) is 2.98. The molecule has 120 valence electrons. The van der Waals surface area contributed by atoms with E-state index in [9.17, 15) is 0 Å². The summed E-state index contributed by atoms with van der Waals surface area (Å²) < 4.78 is 5.89. The molecule has 1 unspecified atom stereocenters. The number of anilines is 1. The van der Waals surface area contributed by atoms with Gasteiger partial charge in [-0.25, -0.2) is 0 Å². The predicted octanol–water partition coefficient (Wildman–Crippen LogP) is 4.88. The van der Waals surface area contributed by atoms with Crippen molar-refractivity contribution in [3.63, 3.8) is 0 Å². The molecule has 0 saturated heterocycles. The lowest BCUT2D eigenvalue weighted by Gasteiger charge is -2.26. The Balaban J connectivity index is 1.79. The fraction of sp³-hybridized carbons (Fsp3) is 0.263. The predicted molar refractivity (Wildman–Crippen MR) is 96.4 cm³/mol. The molecule has 2 N–H and O–H groups in total. The van der Waals surface area contributed by atoms with Crippen LogP contribution in [0.4, 0.5) is 5.69 Å². The number of nitrogens with zero attached hydrogens (tertiary/aromatic N) is 1. The van der Waals surface area contributed by atoms with Gasteiger partial charge in [-0.1, -0.05) is 29.8 Å². The van der Waals surface area contributed by atoms with Crippen LogP contribution in [0.3, 0.4) is 0 Å². The maximum atomic E-state index is 6.42. The Bertz CT molecular complexity index is 714. The first-order chi connectivity index (χ1) is 11.2. The Kier molecular flexibility index (Phi) is 4.89. The number of nitrogens with two attached hydrogens (primary N) is 1. The van der Waals surface area contributed by atoms with E-state index in [1.807, 2.05) is 49.4 Å². The number of rotatable bonds is 5. The maximum Gasteiger partial charge on any atom is 0.146 e. The van der Waals surface area contributed by atoms with E-state index >= 15 is 0 Å². The highest BCUT2D eigenvalue weighted by Crippen LogP contribution is 2.35. The van der Waals surface area contributed by atoms with Crippen LogP contribution in [0.5, 0.6) is 11.5 Å². The summed E-state index contributed by atoms with van der Waals surface area (Å²) in [7, 11) is 0. The summed E-state index contributed by atoms with van der Waals surface area (Å²) in [5.74, 6) is 1.46. The second-order valence-electron chi connectivity index (χ2n) is 5.79. The lowest BCUT2D eigenvalue weighted by atomic mass is 10.1. The van der Waals surface area contributed by atoms with E-state index in [1.165, 1.54) is 0 Å². The third-order valence-electron chi connectivity index (χ3n) is 4.00. The Morgan fingerprint density at radius 3 is 2.87 bits per heavy atom. The van der Waals surface area contributed by atoms with Gasteiger partial charge in [0.05, 0.1) is 5.02 Å². The topological polar surface area (TPSA) is 38.5 Å². The molecule has 0 saturated carbocycles. The molecule has 0 radical (unpaired) electrons. The molecule has 0 fully saturated rings. The molecule has 23 heavy (non-hydrogen) atoms. The normalized spacial score (nSPS) is 16.8. The van der Waals surface area contributed by atoms with Crippen molar-refractivity contribution in [2.45, 2.75) is 25.8 Å². The third-order valence-corrected chi connectivity index (χ3v) is 4.29. The van der Waals surface area contributed by atoms with Gasteiger partial charge in [-0.15, -0.1) is 0 Å². The molecule has 0 bridgehead atoms. The number of ether oxygens (including phenoxy) is 1. The van der Waals surface area contributed by atoms with Crippen molar-refractivity contribution in [2.24, 2.45) is 5.73 Å². The molecule has 1 aliphatic heterocycles. The maximum absolute atomic E-state index is 6.42. The van der Waals surface area contributed by atoms with Crippen LogP contribution in [-0.4, -0.2) is 12.6 Å². The van der Waals surface area contributed by atoms with E-state index in [4.69, 9.17) is 22.1 Å². The minimum Gasteiger partial charge on any atom is -0.456 e. The van der Waals surface area contributed by atoms with Crippen LogP contribution in [0.15, 0.2) is 54.7 Å². The summed E-state index contributed by atoms with van der Waals surface area (Å²) in [5, 5.41) is 0.607. The summed E-state index contributed by atoms with van der Waals surface area (Å²) in [4.78, 5) is 2.23. The van der Waals surface area contributed by atoms with Crippen LogP contribution in [-0.2, 0) is 0 Å². The molecule has 4 heteroatoms. The zero-order chi connectivity index (χ0) is 16.2. The van der Waals surface area contributed by atoms with E-state index in [1.54, 1.807) is 0 Å². The van der Waals surface area contributed by atoms with Gasteiger partial charge < -0.3 is 15.4 Å². The molecule has 1 aliphatic rings. The van der Waals surface area contributed by atoms with Crippen molar-refractivity contribution >= 4 is 17.3 Å². The van der Waals surface area contributed by atoms with Crippen molar-refractivity contribution < 1.29 is 4.74 Å². The molecule has 3 rings (SSSR count). The second-order valence-corrected chi connectivity index (χ2v) is 6.20. The quantitative estimate of drug-likeness (QED) is 0.850. The fourth-order valence-corrected chi connectivity index (χ4v) is 3.07. The Hall–Kier alpha value is -1.97. The van der Waals surface area contributed by atoms with Gasteiger partial charge in [0, 0.05) is 17.9 Å². The molecule has 1 atom stereocenters. The molecule has 0 aliphatic carbocycles. The van der Waals surface area contributed by atoms with Gasteiger partial charge >= 0.3 is 0 Å². The highest BCUT2D eigenvalue weighted by atomic mass is 35.5. The zero-order valence-corrected chi connectivity index (χ0v) is 14.0. The Morgan fingerprint density at radius 2 is 2.13 bits per heavy atom. The number of halogens is 1. The van der Waals surface area contributed by atoms with Crippen molar-refractivity contribution in [3.05, 3.63) is 65.3 Å². The van der Waals surface area contributed by atoms with Crippen LogP contribution in [0.25, 0.3) is 0 Å². The summed E-state index contributed by atoms with van der Waals surface area (Å²) in [6, 6.07) is 14.3. The number of hydrogen-bond acceptors (Lipinski definition) is 3. The van der Waals surface area contributed by atoms with Gasteiger partial charge in [0.15, 0.2) is 0 Å². The van der Waals surface area contributed by atoms with Gasteiger partial charge in [-0.2, -0.15) is 0 Å². The lowest BCUT2D eigenvalue weighted by Crippen LogP contribution is -2.28. The molecular formula is C19H21ClN2O. The number of hydrogen-bond donors (Lipinski definition) is 1. The molecule has 2 aromatic carbocycles. The molecule has 3 nitrogen and oxygen atoms in total. The molecule has 0 amide bonds. The Labute approximate surface area is 142 Å². The standard InChI is InChI=1S/C19H21ClN2O/c1-14-4-2-6-17(12-14)23-19-8-7-16(13-18(19)20)22-11-3-5-15(22)9-10-21/h2-4,6-8,11-13,15H,5,9-10,21H2,1H3. The van der Waals surface area contributed by atoms with Gasteiger partial charge in [-0.05, 0) is 62.2 Å². The first-order valence-corrected chi connectivity index (χ1v) is 8.24. The Morgan fingerprint density at radius 1 is 1.26 bits per heavy atom. The minimum atomic E-state index is 0.416. The molecule has 0 spiro atoms. The highest BCUT2D eigenvalue weighted by molar-refractivity contribution is 6.32. The molecule has 0 aromatic heterocycles. The van der Waals surface area contributed by atoms with Gasteiger partial charge in [0.2, 0.25) is 0 Å². The van der Waals surface area contributed by atoms with Crippen molar-refractivity contribution in [1.29, 1.82) is 0 Å². The van der Waals surface area contributed by atoms with E-state index in [0.717, 1.165) is 29.8 Å². The summed E-state index contributed by atoms with van der Waals surface area (Å²) in [6.45, 7) is 2.72. The van der Waals surface area contributed by atoms with Crippen molar-refractivity contribution in [3.8, 4) is 11.5 Å². The van der Waals surface area contributed by atoms with Crippen LogP contribution >= 0.6 is 11.6 Å². The summed E-state index contributed by atoms with van der Waals surface area (Å²) in [5.41, 5.74) is 7.92. The number of benzene rings is 2. The van der Waals surface area contributed by atoms with Crippen LogP contribution in [0.1, 0.15) is 18.4 Å². The largest absolute Gasteiger partial charge is 0.456 e. The first kappa shape index (κ1) is 15.9. The van der Waals surface area contributed by atoms with E-state index < -0.39 is 0 Å². The SMILES string of the molecule is Cc1cccc(Oc2ccc(N3C=CCC3CCN)cc2Cl)c1. The van der Waals surface area contributed by atoms with E-state index in [0.29, 0.717) is 23.4 Å². The number of aryl methyl sites for hydroxylation is 1. The van der Waals surface area contributed by atoms with Gasteiger partial charge in [-0.3, -0.25) is 0 Å². The summed E-state index contributed by atoms with van der Waals surface area (Å²) >= 11 is 6.42. The van der Waals surface area contributed by atoms with Crippen molar-refractivity contribution in [2.75, 3.05) is 11.4 Å². The van der Waals surface area contributed by atoms with Crippen LogP contribution < -0.4 is 15.4 Å². The highest BCUT2D eigenvalue weighted by Gasteiger charge is 2.20. The smallest absolute Gasteiger partial charge is 0.146 e. The molecular weight excluding hydrogens is 308 g/mol. The van der Waals surface area contributed by atoms with Crippen molar-refractivity contribution in [1.82, 2.24) is 0 Å². The fourth-order valence-electron chi connectivity index (χ4n) is 2.85. The zero-order valence-electron chi connectivity index (χ0n) is 13.2. The minimum absolute atomic E-state index is 0.416. The average molecular weight is 329 g/mol. The van der Waals surface area contributed by atoms with Gasteiger partial charge in [0.1, 0.15) is 11.5 Å². The second kappa shape index (κ2) is 7.07. The molecule has 2 aromatic rings. The lowest BCUT2D eigenvalue weighted by molar-refractivity contribution is 0.482. The monoisotopic (exact) mass is 328 g/mol. The van der Waals surface area contributed by atoms with Gasteiger partial charge in [0.25, 0.3) is 0 Å². The molecule has 1 heterocycles. The first-order valence-electron chi connectivity index (χ1n) is 7.86. The van der Waals surface area contributed by atoms with E-state index in [2.05, 4.69) is 17.2 Å². The summed E-state index contributed by atoms with van der Waals surface area (Å²) in [6.07, 6.45) is 6.26. The third kappa shape index (κ3) is 3.69. The van der Waals surface area contributed by atoms with E-state index in [-0.39, 0.29) is 0 Å².